The van der Waals surface area contributed by atoms with Gasteiger partial charge in [0.2, 0.25) is 5.95 Å². The van der Waals surface area contributed by atoms with Crippen molar-refractivity contribution in [1.29, 1.82) is 0 Å². The maximum absolute atomic E-state index is 5.31. The van der Waals surface area contributed by atoms with E-state index in [0.29, 0.717) is 10.8 Å². The molecule has 2 aromatic heterocycles. The van der Waals surface area contributed by atoms with Gasteiger partial charge < -0.3 is 9.80 Å². The molecule has 0 aliphatic carbocycles. The number of hydrogen-bond donors (Lipinski definition) is 1. The van der Waals surface area contributed by atoms with Gasteiger partial charge in [-0.15, -0.1) is 16.4 Å². The van der Waals surface area contributed by atoms with Crippen LogP contribution in [0.2, 0.25) is 0 Å². The van der Waals surface area contributed by atoms with Crippen LogP contribution < -0.4 is 9.80 Å². The fourth-order valence-corrected chi connectivity index (χ4v) is 3.49. The second-order valence-corrected chi connectivity index (χ2v) is 6.34. The molecule has 1 aliphatic heterocycles. The number of thiazole rings is 1. The smallest absolute Gasteiger partial charge is 0.226 e. The van der Waals surface area contributed by atoms with E-state index in [0.717, 1.165) is 37.3 Å². The predicted octanol–water partition coefficient (Wildman–Crippen LogP) is 2.30. The van der Waals surface area contributed by atoms with Crippen molar-refractivity contribution in [3.63, 3.8) is 0 Å². The lowest BCUT2D eigenvalue weighted by Crippen LogP contribution is -2.47. The molecule has 1 fully saturated rings. The summed E-state index contributed by atoms with van der Waals surface area (Å²) in [4.78, 5) is 8.98. The van der Waals surface area contributed by atoms with Crippen molar-refractivity contribution in [3.05, 3.63) is 16.3 Å². The molecule has 1 saturated heterocycles. The largest absolute Gasteiger partial charge is 0.345 e. The van der Waals surface area contributed by atoms with Crippen LogP contribution in [0, 0.1) is 4.77 Å². The van der Waals surface area contributed by atoms with Crippen molar-refractivity contribution in [3.8, 4) is 0 Å². The summed E-state index contributed by atoms with van der Waals surface area (Å²) in [6.45, 7) is 8.05. The topological polar surface area (TPSA) is 53.0 Å². The molecule has 0 amide bonds. The van der Waals surface area contributed by atoms with Gasteiger partial charge in [-0.1, -0.05) is 0 Å². The number of anilines is 2. The molecule has 0 radical (unpaired) electrons. The van der Waals surface area contributed by atoms with Gasteiger partial charge in [-0.3, -0.25) is 4.57 Å². The van der Waals surface area contributed by atoms with Gasteiger partial charge in [0.1, 0.15) is 0 Å². The summed E-state index contributed by atoms with van der Waals surface area (Å²) < 4.78 is 2.77. The Morgan fingerprint density at radius 1 is 1.25 bits per heavy atom. The van der Waals surface area contributed by atoms with E-state index < -0.39 is 0 Å². The molecule has 0 spiro atoms. The highest BCUT2D eigenvalue weighted by Crippen LogP contribution is 2.22. The highest BCUT2D eigenvalue weighted by atomic mass is 32.1. The zero-order chi connectivity index (χ0) is 14.1. The number of nitrogens with one attached hydrogen (secondary N) is 1. The Balaban J connectivity index is 1.74. The minimum Gasteiger partial charge on any atom is -0.345 e. The van der Waals surface area contributed by atoms with Gasteiger partial charge in [0.15, 0.2) is 9.90 Å². The first-order chi connectivity index (χ1) is 9.66. The molecule has 0 saturated carbocycles. The van der Waals surface area contributed by atoms with Crippen molar-refractivity contribution in [2.45, 2.75) is 19.9 Å². The van der Waals surface area contributed by atoms with Crippen LogP contribution in [-0.2, 0) is 0 Å². The number of piperazine rings is 1. The third-order valence-corrected chi connectivity index (χ3v) is 4.57. The summed E-state index contributed by atoms with van der Waals surface area (Å²) in [6.07, 6.45) is 1.86. The maximum Gasteiger partial charge on any atom is 0.226 e. The van der Waals surface area contributed by atoms with Crippen LogP contribution in [0.1, 0.15) is 19.9 Å². The van der Waals surface area contributed by atoms with E-state index in [-0.39, 0.29) is 0 Å². The molecule has 20 heavy (non-hydrogen) atoms. The lowest BCUT2D eigenvalue weighted by molar-refractivity contribution is 0.560. The fourth-order valence-electron chi connectivity index (χ4n) is 2.45. The number of hydrogen-bond acceptors (Lipinski definition) is 6. The zero-order valence-corrected chi connectivity index (χ0v) is 13.2. The van der Waals surface area contributed by atoms with E-state index in [2.05, 4.69) is 43.4 Å². The third-order valence-electron chi connectivity index (χ3n) is 3.45. The Hall–Kier alpha value is -1.41. The summed E-state index contributed by atoms with van der Waals surface area (Å²) in [7, 11) is 0. The van der Waals surface area contributed by atoms with Crippen LogP contribution in [0.4, 0.5) is 11.1 Å². The highest BCUT2D eigenvalue weighted by Gasteiger charge is 2.23. The highest BCUT2D eigenvalue weighted by molar-refractivity contribution is 7.71. The Kier molecular flexibility index (Phi) is 3.75. The van der Waals surface area contributed by atoms with Crippen LogP contribution in [-0.4, -0.2) is 45.9 Å². The van der Waals surface area contributed by atoms with Crippen molar-refractivity contribution in [1.82, 2.24) is 19.7 Å². The SMILES string of the molecule is CC(C)n1c(N2CCN(c3nccs3)CC2)n[nH]c1=S. The van der Waals surface area contributed by atoms with E-state index in [9.17, 15) is 0 Å². The summed E-state index contributed by atoms with van der Waals surface area (Å²) >= 11 is 7.00. The van der Waals surface area contributed by atoms with Crippen LogP contribution in [0.3, 0.4) is 0 Å². The van der Waals surface area contributed by atoms with E-state index in [1.165, 1.54) is 0 Å². The van der Waals surface area contributed by atoms with Gasteiger partial charge in [-0.2, -0.15) is 0 Å². The van der Waals surface area contributed by atoms with Crippen LogP contribution in [0.25, 0.3) is 0 Å². The van der Waals surface area contributed by atoms with Crippen molar-refractivity contribution >= 4 is 34.6 Å². The van der Waals surface area contributed by atoms with E-state index in [4.69, 9.17) is 12.2 Å². The van der Waals surface area contributed by atoms with E-state index in [1.807, 2.05) is 11.6 Å². The first-order valence-electron chi connectivity index (χ1n) is 6.73. The maximum atomic E-state index is 5.31. The fraction of sp³-hybridized carbons (Fsp3) is 0.583. The molecule has 6 nitrogen and oxygen atoms in total. The summed E-state index contributed by atoms with van der Waals surface area (Å²) in [5.74, 6) is 0.948. The molecule has 0 aromatic carbocycles. The minimum absolute atomic E-state index is 0.313. The van der Waals surface area contributed by atoms with Gasteiger partial charge in [0.25, 0.3) is 0 Å². The quantitative estimate of drug-likeness (QED) is 0.882. The number of rotatable bonds is 3. The van der Waals surface area contributed by atoms with E-state index >= 15 is 0 Å². The number of nitrogens with zero attached hydrogens (tertiary/aromatic N) is 5. The lowest BCUT2D eigenvalue weighted by atomic mass is 10.3. The van der Waals surface area contributed by atoms with Gasteiger partial charge in [0, 0.05) is 43.8 Å². The summed E-state index contributed by atoms with van der Waals surface area (Å²) in [5.41, 5.74) is 0. The molecule has 2 aromatic rings. The van der Waals surface area contributed by atoms with Crippen LogP contribution in [0.15, 0.2) is 11.6 Å². The van der Waals surface area contributed by atoms with Gasteiger partial charge in [-0.25, -0.2) is 10.1 Å². The molecule has 0 unspecified atom stereocenters. The number of aromatic nitrogens is 4. The monoisotopic (exact) mass is 310 g/mol. The molecule has 3 heterocycles. The second-order valence-electron chi connectivity index (χ2n) is 5.08. The third kappa shape index (κ3) is 2.45. The molecule has 8 heteroatoms. The molecule has 0 atom stereocenters. The lowest BCUT2D eigenvalue weighted by Gasteiger charge is -2.35. The Morgan fingerprint density at radius 3 is 2.55 bits per heavy atom. The average Bonchev–Trinajstić information content (AvgIpc) is 3.08. The van der Waals surface area contributed by atoms with Crippen LogP contribution in [0.5, 0.6) is 0 Å². The molecule has 3 rings (SSSR count). The Morgan fingerprint density at radius 2 is 1.95 bits per heavy atom. The van der Waals surface area contributed by atoms with Crippen molar-refractivity contribution in [2.75, 3.05) is 36.0 Å². The summed E-state index contributed by atoms with van der Waals surface area (Å²) in [5, 5.41) is 10.4. The normalized spacial score (nSPS) is 16.1. The molecular weight excluding hydrogens is 292 g/mol. The zero-order valence-electron chi connectivity index (χ0n) is 11.6. The first kappa shape index (κ1) is 13.6. The summed E-state index contributed by atoms with van der Waals surface area (Å²) in [6, 6.07) is 0.313. The molecule has 1 N–H and O–H groups in total. The van der Waals surface area contributed by atoms with Gasteiger partial charge >= 0.3 is 0 Å². The molecule has 108 valence electrons. The minimum atomic E-state index is 0.313. The van der Waals surface area contributed by atoms with E-state index in [1.54, 1.807) is 11.3 Å². The van der Waals surface area contributed by atoms with Crippen molar-refractivity contribution < 1.29 is 0 Å². The van der Waals surface area contributed by atoms with Gasteiger partial charge in [0.05, 0.1) is 0 Å². The second kappa shape index (κ2) is 5.53. The molecule has 1 aliphatic rings. The average molecular weight is 310 g/mol. The Bertz CT molecular complexity index is 606. The van der Waals surface area contributed by atoms with Crippen LogP contribution >= 0.6 is 23.6 Å². The Labute approximate surface area is 127 Å². The first-order valence-corrected chi connectivity index (χ1v) is 8.02. The van der Waals surface area contributed by atoms with Crippen molar-refractivity contribution in [2.24, 2.45) is 0 Å². The number of aromatic amines is 1. The number of H-pyrrole nitrogens is 1. The van der Waals surface area contributed by atoms with Gasteiger partial charge in [-0.05, 0) is 26.1 Å². The molecule has 0 bridgehead atoms. The molecular formula is C12H18N6S2. The predicted molar refractivity (Wildman–Crippen MR) is 84.3 cm³/mol. The standard InChI is InChI=1S/C12H18N6S2/c1-9(2)18-10(14-15-11(18)19)16-4-6-17(7-5-16)12-13-3-8-20-12/h3,8-9H,4-7H2,1-2H3,(H,15,19).